The van der Waals surface area contributed by atoms with E-state index in [0.717, 1.165) is 0 Å². The molecule has 0 aliphatic carbocycles. The van der Waals surface area contributed by atoms with Crippen LogP contribution < -0.4 is 11.1 Å². The lowest BCUT2D eigenvalue weighted by molar-refractivity contribution is 0.101. The molecule has 0 saturated carbocycles. The molecule has 2 aromatic rings. The first-order valence-corrected chi connectivity index (χ1v) is 5.13. The predicted octanol–water partition coefficient (Wildman–Crippen LogP) is 0.0297. The summed E-state index contributed by atoms with van der Waals surface area (Å²) in [5.41, 5.74) is 6.41. The molecule has 0 fully saturated rings. The van der Waals surface area contributed by atoms with Crippen LogP contribution in [0.5, 0.6) is 0 Å². The fourth-order valence-electron chi connectivity index (χ4n) is 1.34. The van der Waals surface area contributed by atoms with E-state index in [1.807, 2.05) is 0 Å². The van der Waals surface area contributed by atoms with Gasteiger partial charge in [0.05, 0.1) is 11.8 Å². The minimum Gasteiger partial charge on any atom is -0.389 e. The molecule has 2 heterocycles. The number of aromatic nitrogens is 4. The molecule has 0 aliphatic heterocycles. The highest BCUT2D eigenvalue weighted by atomic mass is 32.1. The lowest BCUT2D eigenvalue weighted by atomic mass is 10.3. The van der Waals surface area contributed by atoms with Gasteiger partial charge in [-0.15, -0.1) is 0 Å². The van der Waals surface area contributed by atoms with E-state index in [4.69, 9.17) is 18.0 Å². The molecular weight excluding hydrogens is 240 g/mol. The van der Waals surface area contributed by atoms with Crippen molar-refractivity contribution in [2.75, 3.05) is 5.32 Å². The quantitative estimate of drug-likeness (QED) is 0.667. The maximum atomic E-state index is 11.9. The van der Waals surface area contributed by atoms with Gasteiger partial charge >= 0.3 is 0 Å². The second-order valence-electron chi connectivity index (χ2n) is 3.32. The van der Waals surface area contributed by atoms with E-state index in [0.29, 0.717) is 17.1 Å². The van der Waals surface area contributed by atoms with Crippen molar-refractivity contribution in [3.05, 3.63) is 29.7 Å². The van der Waals surface area contributed by atoms with Crippen LogP contribution in [0.1, 0.15) is 16.1 Å². The lowest BCUT2D eigenvalue weighted by Crippen LogP contribution is -2.19. The molecule has 0 aromatic carbocycles. The predicted molar refractivity (Wildman–Crippen MR) is 65.6 cm³/mol. The van der Waals surface area contributed by atoms with E-state index in [-0.39, 0.29) is 10.9 Å². The minimum atomic E-state index is -0.313. The van der Waals surface area contributed by atoms with Crippen molar-refractivity contribution in [1.29, 1.82) is 0 Å². The summed E-state index contributed by atoms with van der Waals surface area (Å²) in [6.45, 7) is 0. The van der Waals surface area contributed by atoms with E-state index in [2.05, 4.69) is 20.6 Å². The van der Waals surface area contributed by atoms with Gasteiger partial charge in [-0.05, 0) is 6.07 Å². The maximum absolute atomic E-state index is 11.9. The van der Waals surface area contributed by atoms with Gasteiger partial charge in [-0.1, -0.05) is 12.2 Å². The number of nitrogens with zero attached hydrogens (tertiary/aromatic N) is 3. The van der Waals surface area contributed by atoms with Crippen LogP contribution >= 0.6 is 12.2 Å². The van der Waals surface area contributed by atoms with Crippen LogP contribution in [0.3, 0.4) is 0 Å². The molecule has 1 amide bonds. The fraction of sp³-hybridized carbons (Fsp3) is 0.111. The Morgan fingerprint density at radius 1 is 1.65 bits per heavy atom. The second kappa shape index (κ2) is 4.34. The summed E-state index contributed by atoms with van der Waals surface area (Å²) in [6.07, 6.45) is 3.00. The van der Waals surface area contributed by atoms with Gasteiger partial charge in [-0.2, -0.15) is 10.2 Å². The van der Waals surface area contributed by atoms with Gasteiger partial charge in [0.2, 0.25) is 0 Å². The Hall–Kier alpha value is -2.22. The van der Waals surface area contributed by atoms with Gasteiger partial charge in [-0.25, -0.2) is 0 Å². The van der Waals surface area contributed by atoms with E-state index in [1.54, 1.807) is 13.1 Å². The van der Waals surface area contributed by atoms with Gasteiger partial charge in [-0.3, -0.25) is 14.6 Å². The van der Waals surface area contributed by atoms with Crippen LogP contribution in [0.4, 0.5) is 5.82 Å². The van der Waals surface area contributed by atoms with E-state index >= 15 is 0 Å². The fourth-order valence-corrected chi connectivity index (χ4v) is 1.50. The molecule has 0 radical (unpaired) electrons. The highest BCUT2D eigenvalue weighted by molar-refractivity contribution is 7.80. The third kappa shape index (κ3) is 2.16. The first-order chi connectivity index (χ1) is 8.09. The zero-order valence-electron chi connectivity index (χ0n) is 8.97. The number of nitrogens with two attached hydrogens (primary N) is 1. The first kappa shape index (κ1) is 11.3. The summed E-state index contributed by atoms with van der Waals surface area (Å²) >= 11 is 4.83. The van der Waals surface area contributed by atoms with Crippen LogP contribution in [0, 0.1) is 0 Å². The topological polar surface area (TPSA) is 102 Å². The lowest BCUT2D eigenvalue weighted by Gasteiger charge is -2.04. The Morgan fingerprint density at radius 3 is 3.00 bits per heavy atom. The molecule has 2 rings (SSSR count). The zero-order chi connectivity index (χ0) is 12.4. The summed E-state index contributed by atoms with van der Waals surface area (Å²) in [6, 6.07) is 1.60. The second-order valence-corrected chi connectivity index (χ2v) is 3.76. The zero-order valence-corrected chi connectivity index (χ0v) is 9.78. The molecule has 0 bridgehead atoms. The van der Waals surface area contributed by atoms with E-state index in [1.165, 1.54) is 17.1 Å². The summed E-state index contributed by atoms with van der Waals surface area (Å²) in [5, 5.41) is 12.9. The van der Waals surface area contributed by atoms with Gasteiger partial charge < -0.3 is 11.1 Å². The van der Waals surface area contributed by atoms with Crippen molar-refractivity contribution in [2.45, 2.75) is 0 Å². The molecule has 7 nitrogen and oxygen atoms in total. The molecule has 4 N–H and O–H groups in total. The van der Waals surface area contributed by atoms with Gasteiger partial charge in [0.1, 0.15) is 16.5 Å². The van der Waals surface area contributed by atoms with Crippen LogP contribution in [-0.4, -0.2) is 30.9 Å². The Morgan fingerprint density at radius 2 is 2.41 bits per heavy atom. The summed E-state index contributed by atoms with van der Waals surface area (Å²) in [4.78, 5) is 12.0. The Bertz CT molecular complexity index is 572. The molecule has 88 valence electrons. The van der Waals surface area contributed by atoms with Crippen molar-refractivity contribution in [3.8, 4) is 0 Å². The molecule has 8 heteroatoms. The van der Waals surface area contributed by atoms with Crippen LogP contribution in [-0.2, 0) is 7.05 Å². The summed E-state index contributed by atoms with van der Waals surface area (Å²) in [7, 11) is 1.68. The van der Waals surface area contributed by atoms with Crippen LogP contribution in [0.2, 0.25) is 0 Å². The Labute approximate surface area is 102 Å². The molecule has 0 unspecified atom stereocenters. The van der Waals surface area contributed by atoms with E-state index in [9.17, 15) is 4.79 Å². The third-order valence-corrected chi connectivity index (χ3v) is 2.42. The SMILES string of the molecule is Cn1nccc1C(=O)Nc1[nH]ncc1C(N)=S. The largest absolute Gasteiger partial charge is 0.389 e. The number of anilines is 1. The standard InChI is InChI=1S/C9H10N6OS/c1-15-6(2-3-12-15)9(16)13-8-5(7(10)17)4-11-14-8/h2-4H,1H3,(H2,10,17)(H2,11,13,14,16). The number of carbonyl (C=O) groups is 1. The highest BCUT2D eigenvalue weighted by Crippen LogP contribution is 2.11. The van der Waals surface area contributed by atoms with Crippen molar-refractivity contribution in [2.24, 2.45) is 12.8 Å². The highest BCUT2D eigenvalue weighted by Gasteiger charge is 2.14. The number of thiocarbonyl (C=S) groups is 1. The average molecular weight is 250 g/mol. The molecule has 0 aliphatic rings. The monoisotopic (exact) mass is 250 g/mol. The number of rotatable bonds is 3. The number of nitrogens with one attached hydrogen (secondary N) is 2. The summed E-state index contributed by atoms with van der Waals surface area (Å²) < 4.78 is 1.46. The van der Waals surface area contributed by atoms with Gasteiger partial charge in [0.25, 0.3) is 5.91 Å². The summed E-state index contributed by atoms with van der Waals surface area (Å²) in [5.74, 6) is 0.0652. The van der Waals surface area contributed by atoms with Crippen molar-refractivity contribution in [3.63, 3.8) is 0 Å². The number of H-pyrrole nitrogens is 1. The normalized spacial score (nSPS) is 10.2. The molecule has 0 atom stereocenters. The third-order valence-electron chi connectivity index (χ3n) is 2.20. The molecule has 2 aromatic heterocycles. The first-order valence-electron chi connectivity index (χ1n) is 4.72. The average Bonchev–Trinajstić information content (AvgIpc) is 2.86. The minimum absolute atomic E-state index is 0.166. The number of carbonyl (C=O) groups excluding carboxylic acids is 1. The van der Waals surface area contributed by atoms with Gasteiger partial charge in [0.15, 0.2) is 0 Å². The maximum Gasteiger partial charge on any atom is 0.275 e. The Kier molecular flexibility index (Phi) is 2.88. The molecule has 0 spiro atoms. The number of aryl methyl sites for hydroxylation is 1. The van der Waals surface area contributed by atoms with Gasteiger partial charge in [0, 0.05) is 13.2 Å². The molecule has 17 heavy (non-hydrogen) atoms. The molecular formula is C9H10N6OS. The smallest absolute Gasteiger partial charge is 0.275 e. The number of hydrogen-bond acceptors (Lipinski definition) is 4. The molecule has 0 saturated heterocycles. The van der Waals surface area contributed by atoms with Crippen molar-refractivity contribution in [1.82, 2.24) is 20.0 Å². The Balaban J connectivity index is 2.22. The number of hydrogen-bond donors (Lipinski definition) is 3. The number of amides is 1. The van der Waals surface area contributed by atoms with Crippen LogP contribution in [0.15, 0.2) is 18.5 Å². The van der Waals surface area contributed by atoms with Crippen molar-refractivity contribution >= 4 is 28.9 Å². The van der Waals surface area contributed by atoms with Crippen molar-refractivity contribution < 1.29 is 4.79 Å². The van der Waals surface area contributed by atoms with Crippen LogP contribution in [0.25, 0.3) is 0 Å². The van der Waals surface area contributed by atoms with E-state index < -0.39 is 0 Å². The number of aromatic amines is 1.